The first kappa shape index (κ1) is 21.1. The van der Waals surface area contributed by atoms with Gasteiger partial charge in [0.2, 0.25) is 0 Å². The molecule has 2 N–H and O–H groups in total. The van der Waals surface area contributed by atoms with Crippen LogP contribution in [0.2, 0.25) is 5.02 Å². The minimum atomic E-state index is -4.54. The average Bonchev–Trinajstić information content (AvgIpc) is 2.60. The average molecular weight is 419 g/mol. The van der Waals surface area contributed by atoms with Crippen LogP contribution in [0.5, 0.6) is 11.5 Å². The van der Waals surface area contributed by atoms with Crippen LogP contribution in [-0.2, 0) is 6.18 Å². The molecule has 0 aliphatic rings. The highest BCUT2D eigenvalue weighted by Gasteiger charge is 2.33. The van der Waals surface area contributed by atoms with Gasteiger partial charge >= 0.3 is 6.18 Å². The Morgan fingerprint density at radius 1 is 1.19 bits per heavy atom. The fourth-order valence-electron chi connectivity index (χ4n) is 2.21. The molecular weight excluding hydrogens is 401 g/mol. The maximum absolute atomic E-state index is 12.9. The van der Waals surface area contributed by atoms with E-state index in [1.165, 1.54) is 12.1 Å². The lowest BCUT2D eigenvalue weighted by molar-refractivity contribution is -0.137. The van der Waals surface area contributed by atoms with Gasteiger partial charge in [0, 0.05) is 5.69 Å². The first-order valence-electron chi connectivity index (χ1n) is 7.90. The van der Waals surface area contributed by atoms with Crippen molar-refractivity contribution in [2.24, 2.45) is 0 Å². The molecule has 0 unspecified atom stereocenters. The van der Waals surface area contributed by atoms with Crippen LogP contribution in [0, 0.1) is 0 Å². The van der Waals surface area contributed by atoms with Crippen LogP contribution < -0.4 is 20.1 Å². The number of rotatable bonds is 6. The predicted molar refractivity (Wildman–Crippen MR) is 104 cm³/mol. The number of halogens is 4. The molecule has 0 heterocycles. The number of anilines is 1. The zero-order chi connectivity index (χ0) is 20.0. The molecule has 0 bridgehead atoms. The second-order valence-corrected chi connectivity index (χ2v) is 6.47. The lowest BCUT2D eigenvalue weighted by Gasteiger charge is -2.19. The zero-order valence-electron chi connectivity index (χ0n) is 14.6. The summed E-state index contributed by atoms with van der Waals surface area (Å²) < 4.78 is 49.6. The van der Waals surface area contributed by atoms with Crippen LogP contribution >= 0.6 is 23.8 Å². The van der Waals surface area contributed by atoms with Crippen molar-refractivity contribution in [3.63, 3.8) is 0 Å². The Bertz CT molecular complexity index is 802. The zero-order valence-corrected chi connectivity index (χ0v) is 16.1. The molecule has 0 aromatic heterocycles. The highest BCUT2D eigenvalue weighted by molar-refractivity contribution is 7.80. The highest BCUT2D eigenvalue weighted by atomic mass is 35.5. The third-order valence-electron chi connectivity index (χ3n) is 3.47. The Balaban J connectivity index is 1.92. The fraction of sp³-hybridized carbons (Fsp3) is 0.278. The molecule has 4 nitrogen and oxygen atoms in total. The molecule has 146 valence electrons. The molecule has 0 spiro atoms. The van der Waals surface area contributed by atoms with Crippen LogP contribution in [0.1, 0.15) is 12.5 Å². The topological polar surface area (TPSA) is 42.5 Å². The number of hydrogen-bond acceptors (Lipinski definition) is 3. The van der Waals surface area contributed by atoms with E-state index in [0.29, 0.717) is 11.5 Å². The van der Waals surface area contributed by atoms with Gasteiger partial charge in [-0.15, -0.1) is 0 Å². The predicted octanol–water partition coefficient (Wildman–Crippen LogP) is 5.12. The Hall–Kier alpha value is -2.19. The molecule has 27 heavy (non-hydrogen) atoms. The fourth-order valence-corrected chi connectivity index (χ4v) is 2.75. The lowest BCUT2D eigenvalue weighted by atomic mass is 10.2. The first-order valence-corrected chi connectivity index (χ1v) is 8.69. The van der Waals surface area contributed by atoms with Gasteiger partial charge in [-0.2, -0.15) is 13.2 Å². The smallest absolute Gasteiger partial charge is 0.417 e. The second-order valence-electron chi connectivity index (χ2n) is 5.65. The number of thiocarbonyl (C=S) groups is 1. The largest absolute Gasteiger partial charge is 0.493 e. The van der Waals surface area contributed by atoms with Crippen molar-refractivity contribution in [3.05, 3.63) is 53.1 Å². The van der Waals surface area contributed by atoms with Gasteiger partial charge in [-0.1, -0.05) is 23.7 Å². The Kier molecular flexibility index (Phi) is 7.15. The molecule has 2 aromatic rings. The lowest BCUT2D eigenvalue weighted by Crippen LogP contribution is -2.39. The second kappa shape index (κ2) is 9.14. The quantitative estimate of drug-likeness (QED) is 0.637. The minimum absolute atomic E-state index is 0.168. The van der Waals surface area contributed by atoms with E-state index in [2.05, 4.69) is 10.6 Å². The van der Waals surface area contributed by atoms with Gasteiger partial charge in [-0.25, -0.2) is 0 Å². The summed E-state index contributed by atoms with van der Waals surface area (Å²) in [5.74, 6) is 1.19. The highest BCUT2D eigenvalue weighted by Crippen LogP contribution is 2.36. The van der Waals surface area contributed by atoms with E-state index in [4.69, 9.17) is 33.3 Å². The summed E-state index contributed by atoms with van der Waals surface area (Å²) >= 11 is 10.7. The number of alkyl halides is 3. The first-order chi connectivity index (χ1) is 12.7. The Labute approximate surface area is 165 Å². The van der Waals surface area contributed by atoms with E-state index in [0.717, 1.165) is 6.07 Å². The molecule has 2 rings (SSSR count). The van der Waals surface area contributed by atoms with E-state index in [-0.39, 0.29) is 28.5 Å². The van der Waals surface area contributed by atoms with Gasteiger partial charge in [0.05, 0.1) is 23.7 Å². The summed E-state index contributed by atoms with van der Waals surface area (Å²) in [5, 5.41) is 5.46. The number of ether oxygens (including phenoxy) is 2. The normalized spacial score (nSPS) is 12.2. The molecule has 0 saturated carbocycles. The van der Waals surface area contributed by atoms with Crippen molar-refractivity contribution >= 4 is 34.6 Å². The SMILES string of the molecule is COc1ccccc1OC[C@@H](C)NC(=S)Nc1ccc(Cl)c(C(F)(F)F)c1. The third-order valence-corrected chi connectivity index (χ3v) is 4.01. The molecule has 2 aromatic carbocycles. The number of methoxy groups -OCH3 is 1. The van der Waals surface area contributed by atoms with Gasteiger partial charge in [0.1, 0.15) is 6.61 Å². The van der Waals surface area contributed by atoms with Gasteiger partial charge in [0.15, 0.2) is 16.6 Å². The number of para-hydroxylation sites is 2. The molecule has 0 radical (unpaired) electrons. The van der Waals surface area contributed by atoms with E-state index < -0.39 is 11.7 Å². The van der Waals surface area contributed by atoms with Crippen LogP contribution in [0.4, 0.5) is 18.9 Å². The van der Waals surface area contributed by atoms with Gasteiger partial charge in [0.25, 0.3) is 0 Å². The van der Waals surface area contributed by atoms with Gasteiger partial charge in [-0.05, 0) is 49.5 Å². The Morgan fingerprint density at radius 3 is 2.48 bits per heavy atom. The van der Waals surface area contributed by atoms with Crippen molar-refractivity contribution in [3.8, 4) is 11.5 Å². The summed E-state index contributed by atoms with van der Waals surface area (Å²) in [6.45, 7) is 2.10. The van der Waals surface area contributed by atoms with E-state index in [1.54, 1.807) is 19.2 Å². The summed E-state index contributed by atoms with van der Waals surface area (Å²) in [6, 6.07) is 10.5. The van der Waals surface area contributed by atoms with Crippen LogP contribution in [-0.4, -0.2) is 24.9 Å². The maximum Gasteiger partial charge on any atom is 0.417 e. The monoisotopic (exact) mass is 418 g/mol. The summed E-state index contributed by atoms with van der Waals surface area (Å²) in [6.07, 6.45) is -4.54. The van der Waals surface area contributed by atoms with Crippen molar-refractivity contribution in [1.82, 2.24) is 5.32 Å². The van der Waals surface area contributed by atoms with Crippen LogP contribution in [0.25, 0.3) is 0 Å². The molecule has 9 heteroatoms. The number of hydrogen-bond donors (Lipinski definition) is 2. The van der Waals surface area contributed by atoms with Gasteiger partial charge in [-0.3, -0.25) is 0 Å². The van der Waals surface area contributed by atoms with Crippen LogP contribution in [0.15, 0.2) is 42.5 Å². The molecule has 0 saturated heterocycles. The molecule has 0 amide bonds. The minimum Gasteiger partial charge on any atom is -0.493 e. The third kappa shape index (κ3) is 6.18. The molecule has 0 fully saturated rings. The van der Waals surface area contributed by atoms with E-state index >= 15 is 0 Å². The van der Waals surface area contributed by atoms with E-state index in [1.807, 2.05) is 19.1 Å². The Morgan fingerprint density at radius 2 is 1.85 bits per heavy atom. The maximum atomic E-state index is 12.9. The summed E-state index contributed by atoms with van der Waals surface area (Å²) in [7, 11) is 1.55. The van der Waals surface area contributed by atoms with Gasteiger partial charge < -0.3 is 20.1 Å². The van der Waals surface area contributed by atoms with E-state index in [9.17, 15) is 13.2 Å². The number of benzene rings is 2. The standard InChI is InChI=1S/C18H18ClF3N2O2S/c1-11(10-26-16-6-4-3-5-15(16)25-2)23-17(27)24-12-7-8-14(19)13(9-12)18(20,21)22/h3-9,11H,10H2,1-2H3,(H2,23,24,27)/t11-/m1/s1. The molecular formula is C18H18ClF3N2O2S. The van der Waals surface area contributed by atoms with Crippen molar-refractivity contribution in [2.45, 2.75) is 19.1 Å². The number of nitrogens with one attached hydrogen (secondary N) is 2. The molecule has 0 aliphatic carbocycles. The molecule has 0 aliphatic heterocycles. The van der Waals surface area contributed by atoms with Crippen molar-refractivity contribution < 1.29 is 22.6 Å². The van der Waals surface area contributed by atoms with Crippen molar-refractivity contribution in [1.29, 1.82) is 0 Å². The summed E-state index contributed by atoms with van der Waals surface area (Å²) in [5.41, 5.74) is -0.744. The van der Waals surface area contributed by atoms with Crippen molar-refractivity contribution in [2.75, 3.05) is 19.0 Å². The molecule has 1 atom stereocenters. The summed E-state index contributed by atoms with van der Waals surface area (Å²) in [4.78, 5) is 0. The van der Waals surface area contributed by atoms with Crippen LogP contribution in [0.3, 0.4) is 0 Å².